The smallest absolute Gasteiger partial charge is 0.387 e. The Kier molecular flexibility index (Phi) is 5.13. The van der Waals surface area contributed by atoms with Crippen LogP contribution in [0, 0.1) is 13.8 Å². The first-order valence-electron chi connectivity index (χ1n) is 7.06. The van der Waals surface area contributed by atoms with E-state index in [1.807, 2.05) is 0 Å². The van der Waals surface area contributed by atoms with Crippen LogP contribution in [0.1, 0.15) is 31.8 Å². The average molecular weight is 334 g/mol. The minimum Gasteiger partial charge on any atom is -0.434 e. The number of hydrogen-bond donors (Lipinski definition) is 2. The number of halogens is 2. The molecule has 0 unspecified atom stereocenters. The van der Waals surface area contributed by atoms with E-state index in [2.05, 4.69) is 10.1 Å². The van der Waals surface area contributed by atoms with Crippen molar-refractivity contribution in [1.82, 2.24) is 0 Å². The zero-order valence-electron chi connectivity index (χ0n) is 13.1. The topological polar surface area (TPSA) is 81.4 Å². The molecule has 0 saturated carbocycles. The van der Waals surface area contributed by atoms with Crippen molar-refractivity contribution in [3.8, 4) is 5.75 Å². The van der Waals surface area contributed by atoms with E-state index in [0.29, 0.717) is 11.1 Å². The maximum Gasteiger partial charge on any atom is 0.387 e. The molecule has 5 nitrogen and oxygen atoms in total. The quantitative estimate of drug-likeness (QED) is 0.880. The predicted molar refractivity (Wildman–Crippen MR) is 85.5 cm³/mol. The second-order valence-electron chi connectivity index (χ2n) is 5.18. The molecule has 0 spiro atoms. The number of ether oxygens (including phenoxy) is 1. The molecule has 0 bridgehead atoms. The molecule has 0 aliphatic heterocycles. The Bertz CT molecular complexity index is 768. The third kappa shape index (κ3) is 3.87. The van der Waals surface area contributed by atoms with Gasteiger partial charge in [-0.15, -0.1) is 0 Å². The van der Waals surface area contributed by atoms with Crippen LogP contribution in [0.5, 0.6) is 5.75 Å². The summed E-state index contributed by atoms with van der Waals surface area (Å²) in [5, 5.41) is 2.59. The molecule has 7 heteroatoms. The van der Waals surface area contributed by atoms with Gasteiger partial charge in [0.1, 0.15) is 5.75 Å². The van der Waals surface area contributed by atoms with Gasteiger partial charge in [0.05, 0.1) is 11.3 Å². The SMILES string of the molecule is Cc1cc(C(=O)Nc2ccccc2C(N)=O)cc(C)c1OC(F)F. The zero-order chi connectivity index (χ0) is 17.9. The molecule has 2 rings (SSSR count). The van der Waals surface area contributed by atoms with Gasteiger partial charge >= 0.3 is 6.61 Å². The Hall–Kier alpha value is -2.96. The Balaban J connectivity index is 2.30. The average Bonchev–Trinajstić information content (AvgIpc) is 2.50. The normalized spacial score (nSPS) is 10.5. The van der Waals surface area contributed by atoms with Gasteiger partial charge in [-0.1, -0.05) is 12.1 Å². The van der Waals surface area contributed by atoms with E-state index in [-0.39, 0.29) is 22.6 Å². The van der Waals surface area contributed by atoms with Crippen LogP contribution in [0.3, 0.4) is 0 Å². The number of nitrogens with one attached hydrogen (secondary N) is 1. The van der Waals surface area contributed by atoms with Crippen LogP contribution < -0.4 is 15.8 Å². The van der Waals surface area contributed by atoms with Gasteiger partial charge in [0.25, 0.3) is 11.8 Å². The lowest BCUT2D eigenvalue weighted by atomic mass is 10.0. The van der Waals surface area contributed by atoms with Gasteiger partial charge in [-0.3, -0.25) is 9.59 Å². The van der Waals surface area contributed by atoms with Gasteiger partial charge in [-0.2, -0.15) is 8.78 Å². The summed E-state index contributed by atoms with van der Waals surface area (Å²) in [5.74, 6) is -1.11. The van der Waals surface area contributed by atoms with E-state index in [1.54, 1.807) is 32.0 Å². The Morgan fingerprint density at radius 3 is 2.25 bits per heavy atom. The second-order valence-corrected chi connectivity index (χ2v) is 5.18. The molecule has 0 aliphatic carbocycles. The number of hydrogen-bond acceptors (Lipinski definition) is 3. The van der Waals surface area contributed by atoms with Crippen molar-refractivity contribution in [1.29, 1.82) is 0 Å². The molecule has 2 amide bonds. The minimum absolute atomic E-state index is 0.0408. The van der Waals surface area contributed by atoms with Crippen molar-refractivity contribution in [3.05, 3.63) is 58.7 Å². The van der Waals surface area contributed by atoms with Gasteiger partial charge in [-0.05, 0) is 49.2 Å². The summed E-state index contributed by atoms with van der Waals surface area (Å²) in [6, 6.07) is 9.19. The zero-order valence-corrected chi connectivity index (χ0v) is 13.1. The van der Waals surface area contributed by atoms with E-state index >= 15 is 0 Å². The maximum absolute atomic E-state index is 12.4. The van der Waals surface area contributed by atoms with E-state index in [9.17, 15) is 18.4 Å². The van der Waals surface area contributed by atoms with Crippen molar-refractivity contribution in [2.24, 2.45) is 5.73 Å². The van der Waals surface area contributed by atoms with E-state index in [0.717, 1.165) is 0 Å². The fourth-order valence-electron chi connectivity index (χ4n) is 2.36. The molecular weight excluding hydrogens is 318 g/mol. The summed E-state index contributed by atoms with van der Waals surface area (Å²) in [6.45, 7) is 0.196. The summed E-state index contributed by atoms with van der Waals surface area (Å²) in [7, 11) is 0. The fraction of sp³-hybridized carbons (Fsp3) is 0.176. The third-order valence-corrected chi connectivity index (χ3v) is 3.37. The fourth-order valence-corrected chi connectivity index (χ4v) is 2.36. The van der Waals surface area contributed by atoms with Gasteiger partial charge in [0, 0.05) is 5.56 Å². The summed E-state index contributed by atoms with van der Waals surface area (Å²) in [5.41, 5.74) is 6.79. The summed E-state index contributed by atoms with van der Waals surface area (Å²) < 4.78 is 29.3. The lowest BCUT2D eigenvalue weighted by Crippen LogP contribution is -2.18. The Morgan fingerprint density at radius 2 is 1.71 bits per heavy atom. The van der Waals surface area contributed by atoms with Crippen LogP contribution in [0.25, 0.3) is 0 Å². The summed E-state index contributed by atoms with van der Waals surface area (Å²) in [6.07, 6.45) is 0. The highest BCUT2D eigenvalue weighted by atomic mass is 19.3. The molecule has 2 aromatic rings. The summed E-state index contributed by atoms with van der Waals surface area (Å²) >= 11 is 0. The first kappa shape index (κ1) is 17.4. The number of rotatable bonds is 5. The molecule has 24 heavy (non-hydrogen) atoms. The number of carbonyl (C=O) groups is 2. The van der Waals surface area contributed by atoms with E-state index in [4.69, 9.17) is 5.73 Å². The largest absolute Gasteiger partial charge is 0.434 e. The number of carbonyl (C=O) groups excluding carboxylic acids is 2. The summed E-state index contributed by atoms with van der Waals surface area (Å²) in [4.78, 5) is 23.8. The minimum atomic E-state index is -2.94. The van der Waals surface area contributed by atoms with E-state index < -0.39 is 18.4 Å². The molecule has 2 aromatic carbocycles. The second kappa shape index (κ2) is 7.08. The Labute approximate surface area is 137 Å². The van der Waals surface area contributed by atoms with Crippen LogP contribution in [0.2, 0.25) is 0 Å². The maximum atomic E-state index is 12.4. The first-order valence-corrected chi connectivity index (χ1v) is 7.06. The first-order chi connectivity index (χ1) is 11.3. The van der Waals surface area contributed by atoms with Gasteiger partial charge in [0.2, 0.25) is 0 Å². The molecular formula is C17H16F2N2O3. The number of amides is 2. The molecule has 0 saturated heterocycles. The lowest BCUT2D eigenvalue weighted by Gasteiger charge is -2.14. The number of alkyl halides is 2. The number of benzene rings is 2. The van der Waals surface area contributed by atoms with Crippen molar-refractivity contribution >= 4 is 17.5 Å². The number of aryl methyl sites for hydroxylation is 2. The van der Waals surface area contributed by atoms with Crippen LogP contribution in [0.4, 0.5) is 14.5 Å². The van der Waals surface area contributed by atoms with Crippen LogP contribution in [-0.2, 0) is 0 Å². The highest BCUT2D eigenvalue weighted by Crippen LogP contribution is 2.27. The molecule has 3 N–H and O–H groups in total. The number of para-hydroxylation sites is 1. The van der Waals surface area contributed by atoms with Crippen molar-refractivity contribution in [2.45, 2.75) is 20.5 Å². The van der Waals surface area contributed by atoms with Crippen LogP contribution >= 0.6 is 0 Å². The molecule has 0 fully saturated rings. The van der Waals surface area contributed by atoms with Crippen molar-refractivity contribution in [3.63, 3.8) is 0 Å². The standard InChI is InChI=1S/C17H16F2N2O3/c1-9-7-11(8-10(2)14(9)24-17(18)19)16(23)21-13-6-4-3-5-12(13)15(20)22/h3-8,17H,1-2H3,(H2,20,22)(H,21,23). The van der Waals surface area contributed by atoms with Gasteiger partial charge in [0.15, 0.2) is 0 Å². The highest BCUT2D eigenvalue weighted by molar-refractivity contribution is 6.08. The molecule has 126 valence electrons. The van der Waals surface area contributed by atoms with E-state index in [1.165, 1.54) is 18.2 Å². The van der Waals surface area contributed by atoms with Crippen molar-refractivity contribution in [2.75, 3.05) is 5.32 Å². The Morgan fingerprint density at radius 1 is 1.12 bits per heavy atom. The third-order valence-electron chi connectivity index (χ3n) is 3.37. The molecule has 0 heterocycles. The number of anilines is 1. The lowest BCUT2D eigenvalue weighted by molar-refractivity contribution is -0.0507. The molecule has 0 aliphatic rings. The van der Waals surface area contributed by atoms with Crippen LogP contribution in [-0.4, -0.2) is 18.4 Å². The number of nitrogens with two attached hydrogens (primary N) is 1. The monoisotopic (exact) mass is 334 g/mol. The van der Waals surface area contributed by atoms with Crippen molar-refractivity contribution < 1.29 is 23.1 Å². The van der Waals surface area contributed by atoms with Gasteiger partial charge < -0.3 is 15.8 Å². The van der Waals surface area contributed by atoms with Crippen LogP contribution in [0.15, 0.2) is 36.4 Å². The molecule has 0 atom stereocenters. The highest BCUT2D eigenvalue weighted by Gasteiger charge is 2.16. The molecule has 0 aromatic heterocycles. The molecule has 0 radical (unpaired) electrons. The van der Waals surface area contributed by atoms with Gasteiger partial charge in [-0.25, -0.2) is 0 Å². The predicted octanol–water partition coefficient (Wildman–Crippen LogP) is 3.26. The number of primary amides is 1.